The van der Waals surface area contributed by atoms with Crippen molar-refractivity contribution in [3.63, 3.8) is 0 Å². The van der Waals surface area contributed by atoms with Gasteiger partial charge >= 0.3 is 0 Å². The highest BCUT2D eigenvalue weighted by atomic mass is 35.5. The number of hydrogen-bond donors (Lipinski definition) is 3. The lowest BCUT2D eigenvalue weighted by atomic mass is 10.2. The van der Waals surface area contributed by atoms with Crippen LogP contribution in [0, 0.1) is 6.92 Å². The summed E-state index contributed by atoms with van der Waals surface area (Å²) in [5.74, 6) is 1.25. The second kappa shape index (κ2) is 7.47. The molecular formula is C18H19ClN4O. The van der Waals surface area contributed by atoms with Gasteiger partial charge in [-0.25, -0.2) is 4.98 Å². The third-order valence-electron chi connectivity index (χ3n) is 3.74. The van der Waals surface area contributed by atoms with Gasteiger partial charge in [-0.2, -0.15) is 4.98 Å². The van der Waals surface area contributed by atoms with Crippen molar-refractivity contribution in [2.45, 2.75) is 13.3 Å². The molecule has 0 aliphatic heterocycles. The summed E-state index contributed by atoms with van der Waals surface area (Å²) >= 11 is 6.17. The summed E-state index contributed by atoms with van der Waals surface area (Å²) in [6.07, 6.45) is 0.661. The zero-order chi connectivity index (χ0) is 16.9. The fraction of sp³-hybridized carbons (Fsp3) is 0.222. The van der Waals surface area contributed by atoms with Gasteiger partial charge in [0.05, 0.1) is 5.52 Å². The van der Waals surface area contributed by atoms with Crippen molar-refractivity contribution < 1.29 is 5.11 Å². The van der Waals surface area contributed by atoms with E-state index in [1.807, 2.05) is 49.4 Å². The smallest absolute Gasteiger partial charge is 0.229 e. The van der Waals surface area contributed by atoms with Crippen molar-refractivity contribution in [1.82, 2.24) is 9.97 Å². The molecule has 0 amide bonds. The molecule has 0 fully saturated rings. The highest BCUT2D eigenvalue weighted by Gasteiger charge is 2.09. The van der Waals surface area contributed by atoms with Crippen LogP contribution in [0.3, 0.4) is 0 Å². The van der Waals surface area contributed by atoms with E-state index < -0.39 is 0 Å². The molecule has 0 spiro atoms. The Morgan fingerprint density at radius 2 is 1.92 bits per heavy atom. The summed E-state index contributed by atoms with van der Waals surface area (Å²) in [7, 11) is 0. The fourth-order valence-corrected chi connectivity index (χ4v) is 2.59. The molecule has 0 unspecified atom stereocenters. The van der Waals surface area contributed by atoms with Crippen molar-refractivity contribution in [1.29, 1.82) is 0 Å². The lowest BCUT2D eigenvalue weighted by Crippen LogP contribution is -2.08. The van der Waals surface area contributed by atoms with Gasteiger partial charge in [-0.15, -0.1) is 0 Å². The van der Waals surface area contributed by atoms with Crippen LogP contribution in [0.4, 0.5) is 17.5 Å². The van der Waals surface area contributed by atoms with Gasteiger partial charge in [0.25, 0.3) is 0 Å². The second-order valence-corrected chi connectivity index (χ2v) is 5.86. The molecule has 1 heterocycles. The Hall–Kier alpha value is -2.37. The Balaban J connectivity index is 1.97. The second-order valence-electron chi connectivity index (χ2n) is 5.45. The first-order valence-electron chi connectivity index (χ1n) is 7.82. The van der Waals surface area contributed by atoms with E-state index in [-0.39, 0.29) is 6.61 Å². The van der Waals surface area contributed by atoms with Gasteiger partial charge in [0, 0.05) is 29.2 Å². The minimum absolute atomic E-state index is 0.142. The van der Waals surface area contributed by atoms with Crippen LogP contribution >= 0.6 is 11.6 Å². The van der Waals surface area contributed by atoms with Crippen LogP contribution in [0.1, 0.15) is 12.0 Å². The molecule has 0 radical (unpaired) electrons. The van der Waals surface area contributed by atoms with Gasteiger partial charge in [0.1, 0.15) is 5.82 Å². The molecule has 24 heavy (non-hydrogen) atoms. The number of para-hydroxylation sites is 1. The van der Waals surface area contributed by atoms with Crippen LogP contribution in [0.25, 0.3) is 10.9 Å². The first kappa shape index (κ1) is 16.5. The molecule has 1 aromatic heterocycles. The minimum Gasteiger partial charge on any atom is -0.396 e. The average Bonchev–Trinajstić information content (AvgIpc) is 2.59. The zero-order valence-electron chi connectivity index (χ0n) is 13.4. The number of fused-ring (bicyclic) bond motifs is 1. The number of nitrogens with one attached hydrogen (secondary N) is 2. The zero-order valence-corrected chi connectivity index (χ0v) is 14.1. The van der Waals surface area contributed by atoms with E-state index in [1.54, 1.807) is 0 Å². The van der Waals surface area contributed by atoms with Crippen molar-refractivity contribution in [3.8, 4) is 0 Å². The molecule has 2 aromatic carbocycles. The molecule has 0 bridgehead atoms. The van der Waals surface area contributed by atoms with Gasteiger partial charge in [-0.1, -0.05) is 29.8 Å². The van der Waals surface area contributed by atoms with Crippen LogP contribution < -0.4 is 10.6 Å². The summed E-state index contributed by atoms with van der Waals surface area (Å²) < 4.78 is 0. The van der Waals surface area contributed by atoms with Gasteiger partial charge in [0.2, 0.25) is 5.95 Å². The molecular weight excluding hydrogens is 324 g/mol. The molecule has 0 saturated heterocycles. The van der Waals surface area contributed by atoms with E-state index in [0.29, 0.717) is 23.9 Å². The van der Waals surface area contributed by atoms with E-state index in [1.165, 1.54) is 0 Å². The predicted octanol–water partition coefficient (Wildman–Crippen LogP) is 4.13. The number of hydrogen-bond acceptors (Lipinski definition) is 5. The van der Waals surface area contributed by atoms with Crippen molar-refractivity contribution >= 4 is 40.0 Å². The molecule has 3 rings (SSSR count). The summed E-state index contributed by atoms with van der Waals surface area (Å²) in [4.78, 5) is 9.16. The molecule has 0 atom stereocenters. The maximum Gasteiger partial charge on any atom is 0.229 e. The summed E-state index contributed by atoms with van der Waals surface area (Å²) in [6.45, 7) is 2.74. The van der Waals surface area contributed by atoms with Crippen LogP contribution in [0.5, 0.6) is 0 Å². The molecule has 6 heteroatoms. The van der Waals surface area contributed by atoms with E-state index in [4.69, 9.17) is 16.7 Å². The number of nitrogens with zero attached hydrogens (tertiary/aromatic N) is 2. The van der Waals surface area contributed by atoms with Crippen molar-refractivity contribution in [3.05, 3.63) is 53.1 Å². The van der Waals surface area contributed by atoms with Gasteiger partial charge < -0.3 is 15.7 Å². The van der Waals surface area contributed by atoms with Crippen LogP contribution in [-0.2, 0) is 0 Å². The van der Waals surface area contributed by atoms with E-state index in [0.717, 1.165) is 28.0 Å². The number of anilines is 3. The molecule has 3 N–H and O–H groups in total. The summed E-state index contributed by atoms with van der Waals surface area (Å²) in [5, 5.41) is 17.1. The highest BCUT2D eigenvalue weighted by molar-refractivity contribution is 6.31. The number of aliphatic hydroxyl groups is 1. The Labute approximate surface area is 145 Å². The largest absolute Gasteiger partial charge is 0.396 e. The Bertz CT molecular complexity index is 854. The molecule has 5 nitrogen and oxygen atoms in total. The molecule has 0 aliphatic rings. The lowest BCUT2D eigenvalue weighted by Gasteiger charge is -2.13. The van der Waals surface area contributed by atoms with E-state index in [9.17, 15) is 0 Å². The standard InChI is InChI=1S/C18H19ClN4O/c1-12-14(19)7-4-9-15(12)21-18-22-16-8-3-2-6-13(16)17(23-18)20-10-5-11-24/h2-4,6-9,24H,5,10-11H2,1H3,(H2,20,21,22,23). The lowest BCUT2D eigenvalue weighted by molar-refractivity contribution is 0.292. The van der Waals surface area contributed by atoms with Crippen LogP contribution in [-0.4, -0.2) is 28.2 Å². The highest BCUT2D eigenvalue weighted by Crippen LogP contribution is 2.27. The number of rotatable bonds is 6. The van der Waals surface area contributed by atoms with E-state index >= 15 is 0 Å². The number of aliphatic hydroxyl groups excluding tert-OH is 1. The maximum atomic E-state index is 8.97. The monoisotopic (exact) mass is 342 g/mol. The maximum absolute atomic E-state index is 8.97. The van der Waals surface area contributed by atoms with Gasteiger partial charge in [-0.05, 0) is 43.2 Å². The Morgan fingerprint density at radius 1 is 1.08 bits per heavy atom. The first-order chi connectivity index (χ1) is 11.7. The number of halogens is 1. The number of aromatic nitrogens is 2. The normalized spacial score (nSPS) is 10.8. The van der Waals surface area contributed by atoms with Crippen molar-refractivity contribution in [2.75, 3.05) is 23.8 Å². The third-order valence-corrected chi connectivity index (χ3v) is 4.15. The molecule has 0 aliphatic carbocycles. The van der Waals surface area contributed by atoms with Crippen LogP contribution in [0.15, 0.2) is 42.5 Å². The molecule has 124 valence electrons. The van der Waals surface area contributed by atoms with Crippen LogP contribution in [0.2, 0.25) is 5.02 Å². The SMILES string of the molecule is Cc1c(Cl)cccc1Nc1nc(NCCCO)c2ccccc2n1. The Morgan fingerprint density at radius 3 is 2.75 bits per heavy atom. The average molecular weight is 343 g/mol. The Kier molecular flexibility index (Phi) is 5.13. The molecule has 0 saturated carbocycles. The van der Waals surface area contributed by atoms with E-state index in [2.05, 4.69) is 20.6 Å². The first-order valence-corrected chi connectivity index (χ1v) is 8.20. The minimum atomic E-state index is 0.142. The molecule has 3 aromatic rings. The predicted molar refractivity (Wildman–Crippen MR) is 99.2 cm³/mol. The van der Waals surface area contributed by atoms with Gasteiger partial charge in [0.15, 0.2) is 0 Å². The quantitative estimate of drug-likeness (QED) is 0.587. The fourth-order valence-electron chi connectivity index (χ4n) is 2.42. The van der Waals surface area contributed by atoms with Crippen molar-refractivity contribution in [2.24, 2.45) is 0 Å². The summed E-state index contributed by atoms with van der Waals surface area (Å²) in [6, 6.07) is 13.5. The summed E-state index contributed by atoms with van der Waals surface area (Å²) in [5.41, 5.74) is 2.67. The van der Waals surface area contributed by atoms with Gasteiger partial charge in [-0.3, -0.25) is 0 Å². The number of benzene rings is 2. The third kappa shape index (κ3) is 3.58. The topological polar surface area (TPSA) is 70.1 Å².